The number of hydrogen-bond donors (Lipinski definition) is 3. The molecule has 2 rings (SSSR count). The Morgan fingerprint density at radius 1 is 1.27 bits per heavy atom. The molecular formula is C10H10N2O3. The van der Waals surface area contributed by atoms with Gasteiger partial charge in [0.05, 0.1) is 5.69 Å². The Kier molecular flexibility index (Phi) is 3.91. The molecule has 1 heterocycles. The molecule has 1 aliphatic rings. The molecule has 1 aromatic rings. The van der Waals surface area contributed by atoms with Crippen LogP contribution in [0.25, 0.3) is 6.08 Å². The van der Waals surface area contributed by atoms with Crippen LogP contribution in [0, 0.1) is 0 Å². The standard InChI is InChI=1S/C9H8N2.CH2O3/c1-2-6-9-8(4-1)5-3-7-10-11-9;2-1(3)4/h1-7,11H;(H2,2,3,4). The van der Waals surface area contributed by atoms with E-state index in [0.717, 1.165) is 5.69 Å². The van der Waals surface area contributed by atoms with Crippen molar-refractivity contribution < 1.29 is 15.0 Å². The molecule has 5 nitrogen and oxygen atoms in total. The SMILES string of the molecule is C1=Cc2ccccc2NN=C1.O=C(O)O. The highest BCUT2D eigenvalue weighted by molar-refractivity contribution is 5.83. The van der Waals surface area contributed by atoms with Crippen molar-refractivity contribution in [3.05, 3.63) is 35.9 Å². The third kappa shape index (κ3) is 3.95. The summed E-state index contributed by atoms with van der Waals surface area (Å²) in [6.07, 6.45) is 3.84. The van der Waals surface area contributed by atoms with Crippen LogP contribution in [0.5, 0.6) is 0 Å². The number of hydrogen-bond acceptors (Lipinski definition) is 3. The molecule has 5 heteroatoms. The summed E-state index contributed by atoms with van der Waals surface area (Å²) in [5.74, 6) is 0. The minimum absolute atomic E-state index is 1.05. The molecule has 0 aliphatic carbocycles. The van der Waals surface area contributed by atoms with Crippen LogP contribution in [-0.2, 0) is 0 Å². The predicted molar refractivity (Wildman–Crippen MR) is 58.2 cm³/mol. The first-order chi connectivity index (χ1) is 7.20. The number of carboxylic acid groups (broad SMARTS) is 2. The molecular weight excluding hydrogens is 196 g/mol. The normalized spacial score (nSPS) is 11.5. The highest BCUT2D eigenvalue weighted by atomic mass is 16.6. The topological polar surface area (TPSA) is 81.9 Å². The summed E-state index contributed by atoms with van der Waals surface area (Å²) in [4.78, 5) is 8.56. The number of carbonyl (C=O) groups is 1. The van der Waals surface area contributed by atoms with Crippen LogP contribution in [0.15, 0.2) is 35.4 Å². The number of para-hydroxylation sites is 1. The fourth-order valence-corrected chi connectivity index (χ4v) is 1.04. The van der Waals surface area contributed by atoms with Crippen molar-refractivity contribution in [3.63, 3.8) is 0 Å². The Morgan fingerprint density at radius 3 is 2.67 bits per heavy atom. The van der Waals surface area contributed by atoms with Crippen molar-refractivity contribution in [1.82, 2.24) is 0 Å². The number of allylic oxidation sites excluding steroid dienone is 1. The molecule has 1 aromatic carbocycles. The van der Waals surface area contributed by atoms with Crippen molar-refractivity contribution in [2.24, 2.45) is 5.10 Å². The van der Waals surface area contributed by atoms with Crippen molar-refractivity contribution in [2.75, 3.05) is 5.43 Å². The van der Waals surface area contributed by atoms with Gasteiger partial charge in [0.2, 0.25) is 0 Å². The molecule has 1 aliphatic heterocycles. The highest BCUT2D eigenvalue weighted by Gasteiger charge is 1.96. The van der Waals surface area contributed by atoms with Crippen LogP contribution < -0.4 is 5.43 Å². The number of hydrazone groups is 1. The van der Waals surface area contributed by atoms with Gasteiger partial charge in [0.25, 0.3) is 0 Å². The molecule has 0 unspecified atom stereocenters. The van der Waals surface area contributed by atoms with Gasteiger partial charge in [-0.1, -0.05) is 24.3 Å². The van der Waals surface area contributed by atoms with E-state index in [9.17, 15) is 0 Å². The van der Waals surface area contributed by atoms with Crippen molar-refractivity contribution in [2.45, 2.75) is 0 Å². The van der Waals surface area contributed by atoms with Crippen LogP contribution in [0.4, 0.5) is 10.5 Å². The number of nitrogens with one attached hydrogen (secondary N) is 1. The van der Waals surface area contributed by atoms with Gasteiger partial charge in [0, 0.05) is 6.21 Å². The van der Waals surface area contributed by atoms with Gasteiger partial charge >= 0.3 is 6.16 Å². The molecule has 0 atom stereocenters. The lowest BCUT2D eigenvalue weighted by Gasteiger charge is -2.00. The van der Waals surface area contributed by atoms with Crippen molar-refractivity contribution in [3.8, 4) is 0 Å². The zero-order valence-corrected chi connectivity index (χ0v) is 7.79. The third-order valence-corrected chi connectivity index (χ3v) is 1.58. The van der Waals surface area contributed by atoms with E-state index in [2.05, 4.69) is 10.5 Å². The lowest BCUT2D eigenvalue weighted by atomic mass is 10.2. The molecule has 3 N–H and O–H groups in total. The van der Waals surface area contributed by atoms with E-state index in [-0.39, 0.29) is 0 Å². The first kappa shape index (κ1) is 10.8. The van der Waals surface area contributed by atoms with E-state index in [1.807, 2.05) is 36.4 Å². The maximum absolute atomic E-state index is 8.56. The van der Waals surface area contributed by atoms with Crippen LogP contribution in [-0.4, -0.2) is 22.6 Å². The average Bonchev–Trinajstić information content (AvgIpc) is 2.41. The van der Waals surface area contributed by atoms with E-state index >= 15 is 0 Å². The second-order valence-corrected chi connectivity index (χ2v) is 2.62. The van der Waals surface area contributed by atoms with E-state index in [0.29, 0.717) is 0 Å². The van der Waals surface area contributed by atoms with E-state index in [4.69, 9.17) is 15.0 Å². The fraction of sp³-hybridized carbons (Fsp3) is 0. The van der Waals surface area contributed by atoms with Crippen LogP contribution in [0.3, 0.4) is 0 Å². The molecule has 0 radical (unpaired) electrons. The number of anilines is 1. The lowest BCUT2D eigenvalue weighted by molar-refractivity contribution is 0.137. The molecule has 0 bridgehead atoms. The monoisotopic (exact) mass is 206 g/mol. The minimum atomic E-state index is -1.83. The molecule has 78 valence electrons. The summed E-state index contributed by atoms with van der Waals surface area (Å²) in [5, 5.41) is 17.9. The van der Waals surface area contributed by atoms with Gasteiger partial charge in [-0.2, -0.15) is 5.10 Å². The number of benzene rings is 1. The van der Waals surface area contributed by atoms with Crippen LogP contribution in [0.1, 0.15) is 5.56 Å². The van der Waals surface area contributed by atoms with Gasteiger partial charge in [0.1, 0.15) is 0 Å². The third-order valence-electron chi connectivity index (χ3n) is 1.58. The highest BCUT2D eigenvalue weighted by Crippen LogP contribution is 2.17. The Hall–Kier alpha value is -2.30. The summed E-state index contributed by atoms with van der Waals surface area (Å²) >= 11 is 0. The van der Waals surface area contributed by atoms with Crippen molar-refractivity contribution in [1.29, 1.82) is 0 Å². The molecule has 0 fully saturated rings. The van der Waals surface area contributed by atoms with E-state index < -0.39 is 6.16 Å². The zero-order chi connectivity index (χ0) is 11.1. The predicted octanol–water partition coefficient (Wildman–Crippen LogP) is 2.33. The fourth-order valence-electron chi connectivity index (χ4n) is 1.04. The number of nitrogens with zero attached hydrogens (tertiary/aromatic N) is 1. The Labute approximate surface area is 86.4 Å². The Morgan fingerprint density at radius 2 is 1.93 bits per heavy atom. The Bertz CT molecular complexity index is 395. The second kappa shape index (κ2) is 5.43. The second-order valence-electron chi connectivity index (χ2n) is 2.62. The zero-order valence-electron chi connectivity index (χ0n) is 7.79. The molecule has 0 saturated heterocycles. The largest absolute Gasteiger partial charge is 0.503 e. The maximum Gasteiger partial charge on any atom is 0.503 e. The van der Waals surface area contributed by atoms with E-state index in [1.54, 1.807) is 6.21 Å². The van der Waals surface area contributed by atoms with Gasteiger partial charge in [0.15, 0.2) is 0 Å². The minimum Gasteiger partial charge on any atom is -0.450 e. The molecule has 0 saturated carbocycles. The number of fused-ring (bicyclic) bond motifs is 1. The van der Waals surface area contributed by atoms with Gasteiger partial charge in [-0.3, -0.25) is 5.43 Å². The van der Waals surface area contributed by atoms with Gasteiger partial charge < -0.3 is 10.2 Å². The maximum atomic E-state index is 8.56. The van der Waals surface area contributed by atoms with Gasteiger partial charge in [-0.25, -0.2) is 4.79 Å². The summed E-state index contributed by atoms with van der Waals surface area (Å²) in [7, 11) is 0. The van der Waals surface area contributed by atoms with Crippen molar-refractivity contribution >= 4 is 24.1 Å². The van der Waals surface area contributed by atoms with Crippen LogP contribution >= 0.6 is 0 Å². The summed E-state index contributed by atoms with van der Waals surface area (Å²) in [5.41, 5.74) is 5.16. The molecule has 0 amide bonds. The Balaban J connectivity index is 0.000000245. The quantitative estimate of drug-likeness (QED) is 0.608. The van der Waals surface area contributed by atoms with E-state index in [1.165, 1.54) is 5.56 Å². The average molecular weight is 206 g/mol. The first-order valence-corrected chi connectivity index (χ1v) is 4.17. The lowest BCUT2D eigenvalue weighted by Crippen LogP contribution is -1.87. The number of rotatable bonds is 0. The smallest absolute Gasteiger partial charge is 0.450 e. The summed E-state index contributed by atoms with van der Waals surface area (Å²) in [6.45, 7) is 0. The molecule has 15 heavy (non-hydrogen) atoms. The van der Waals surface area contributed by atoms with Crippen LogP contribution in [0.2, 0.25) is 0 Å². The summed E-state index contributed by atoms with van der Waals surface area (Å²) < 4.78 is 0. The van der Waals surface area contributed by atoms with Gasteiger partial charge in [-0.15, -0.1) is 0 Å². The molecule has 0 aromatic heterocycles. The summed E-state index contributed by atoms with van der Waals surface area (Å²) in [6, 6.07) is 8.05. The molecule has 0 spiro atoms. The van der Waals surface area contributed by atoms with Gasteiger partial charge in [-0.05, 0) is 17.7 Å². The first-order valence-electron chi connectivity index (χ1n) is 4.17.